The monoisotopic (exact) mass is 293 g/mol. The van der Waals surface area contributed by atoms with Gasteiger partial charge in [0.05, 0.1) is 12.7 Å². The molecule has 0 radical (unpaired) electrons. The number of hydrogen-bond donors (Lipinski definition) is 1. The van der Waals surface area contributed by atoms with Gasteiger partial charge in [0, 0.05) is 6.42 Å². The van der Waals surface area contributed by atoms with E-state index < -0.39 is 0 Å². The molecular weight excluding hydrogens is 266 g/mol. The van der Waals surface area contributed by atoms with Gasteiger partial charge < -0.3 is 19.9 Å². The highest BCUT2D eigenvalue weighted by Crippen LogP contribution is 2.41. The molecule has 4 nitrogen and oxygen atoms in total. The standard InChI is InChI=1S/C17H27NO3/c1-16(2)11-15(17(3,4)21-16)20-14-10-12(8-9-18)6-7-13(14)19-5/h6-7,10,15H,8-9,11,18H2,1-5H3. The number of hydrogen-bond acceptors (Lipinski definition) is 4. The van der Waals surface area contributed by atoms with Gasteiger partial charge >= 0.3 is 0 Å². The van der Waals surface area contributed by atoms with Gasteiger partial charge in [-0.15, -0.1) is 0 Å². The van der Waals surface area contributed by atoms with E-state index in [1.165, 1.54) is 0 Å². The molecule has 1 aromatic carbocycles. The van der Waals surface area contributed by atoms with E-state index in [2.05, 4.69) is 27.7 Å². The number of rotatable bonds is 5. The van der Waals surface area contributed by atoms with Crippen molar-refractivity contribution >= 4 is 0 Å². The summed E-state index contributed by atoms with van der Waals surface area (Å²) in [7, 11) is 1.66. The maximum Gasteiger partial charge on any atom is 0.162 e. The fraction of sp³-hybridized carbons (Fsp3) is 0.647. The van der Waals surface area contributed by atoms with Crippen molar-refractivity contribution in [3.8, 4) is 11.5 Å². The third-order valence-electron chi connectivity index (χ3n) is 3.92. The summed E-state index contributed by atoms with van der Waals surface area (Å²) in [6, 6.07) is 5.99. The lowest BCUT2D eigenvalue weighted by atomic mass is 9.97. The summed E-state index contributed by atoms with van der Waals surface area (Å²) in [6.07, 6.45) is 1.68. The second kappa shape index (κ2) is 5.85. The van der Waals surface area contributed by atoms with Gasteiger partial charge in [0.1, 0.15) is 11.7 Å². The van der Waals surface area contributed by atoms with E-state index in [1.54, 1.807) is 7.11 Å². The van der Waals surface area contributed by atoms with E-state index in [4.69, 9.17) is 19.9 Å². The van der Waals surface area contributed by atoms with E-state index in [1.807, 2.05) is 18.2 Å². The molecule has 1 aliphatic heterocycles. The number of methoxy groups -OCH3 is 1. The summed E-state index contributed by atoms with van der Waals surface area (Å²) in [6.45, 7) is 8.96. The maximum absolute atomic E-state index is 6.24. The molecule has 4 heteroatoms. The highest BCUT2D eigenvalue weighted by molar-refractivity contribution is 5.43. The lowest BCUT2D eigenvalue weighted by molar-refractivity contribution is -0.0847. The minimum atomic E-state index is -0.321. The second-order valence-corrected chi connectivity index (χ2v) is 6.80. The van der Waals surface area contributed by atoms with Crippen LogP contribution in [0.2, 0.25) is 0 Å². The summed E-state index contributed by atoms with van der Waals surface area (Å²) >= 11 is 0. The first-order valence-electron chi connectivity index (χ1n) is 7.51. The molecule has 2 N–H and O–H groups in total. The molecule has 2 rings (SSSR count). The number of benzene rings is 1. The van der Waals surface area contributed by atoms with Crippen LogP contribution >= 0.6 is 0 Å². The van der Waals surface area contributed by atoms with Gasteiger partial charge in [0.25, 0.3) is 0 Å². The topological polar surface area (TPSA) is 53.7 Å². The van der Waals surface area contributed by atoms with Crippen LogP contribution in [-0.2, 0) is 11.2 Å². The quantitative estimate of drug-likeness (QED) is 0.907. The molecule has 0 amide bonds. The largest absolute Gasteiger partial charge is 0.493 e. The Hall–Kier alpha value is -1.26. The molecule has 1 aliphatic rings. The fourth-order valence-corrected chi connectivity index (χ4v) is 2.98. The van der Waals surface area contributed by atoms with Gasteiger partial charge in [-0.2, -0.15) is 0 Å². The van der Waals surface area contributed by atoms with Crippen LogP contribution < -0.4 is 15.2 Å². The Balaban J connectivity index is 2.23. The van der Waals surface area contributed by atoms with Gasteiger partial charge in [0.15, 0.2) is 11.5 Å². The van der Waals surface area contributed by atoms with Crippen molar-refractivity contribution in [1.29, 1.82) is 0 Å². The van der Waals surface area contributed by atoms with E-state index in [0.29, 0.717) is 6.54 Å². The van der Waals surface area contributed by atoms with E-state index >= 15 is 0 Å². The highest BCUT2D eigenvalue weighted by atomic mass is 16.6. The normalized spacial score (nSPS) is 23.0. The zero-order valence-corrected chi connectivity index (χ0v) is 13.7. The molecule has 1 saturated heterocycles. The third kappa shape index (κ3) is 3.69. The average Bonchev–Trinajstić information content (AvgIpc) is 2.58. The molecule has 21 heavy (non-hydrogen) atoms. The Bertz CT molecular complexity index is 497. The van der Waals surface area contributed by atoms with Crippen LogP contribution in [0.1, 0.15) is 39.7 Å². The van der Waals surface area contributed by atoms with Crippen LogP contribution in [0.5, 0.6) is 11.5 Å². The van der Waals surface area contributed by atoms with Crippen LogP contribution in [0, 0.1) is 0 Å². The van der Waals surface area contributed by atoms with Crippen molar-refractivity contribution < 1.29 is 14.2 Å². The molecule has 1 aromatic rings. The van der Waals surface area contributed by atoms with Crippen LogP contribution in [0.15, 0.2) is 18.2 Å². The molecule has 0 bridgehead atoms. The van der Waals surface area contributed by atoms with Gasteiger partial charge in [0.2, 0.25) is 0 Å². The molecule has 1 heterocycles. The summed E-state index contributed by atoms with van der Waals surface area (Å²) in [5.74, 6) is 1.51. The van der Waals surface area contributed by atoms with Crippen LogP contribution in [0.3, 0.4) is 0 Å². The van der Waals surface area contributed by atoms with Crippen LogP contribution in [0.25, 0.3) is 0 Å². The molecule has 0 spiro atoms. The lowest BCUT2D eigenvalue weighted by Gasteiger charge is -2.28. The smallest absolute Gasteiger partial charge is 0.162 e. The average molecular weight is 293 g/mol. The Kier molecular flexibility index (Phi) is 4.49. The van der Waals surface area contributed by atoms with Gasteiger partial charge in [-0.3, -0.25) is 0 Å². The van der Waals surface area contributed by atoms with Crippen molar-refractivity contribution in [2.45, 2.75) is 57.8 Å². The molecule has 1 atom stereocenters. The minimum absolute atomic E-state index is 0.00507. The van der Waals surface area contributed by atoms with Crippen molar-refractivity contribution in [1.82, 2.24) is 0 Å². The Morgan fingerprint density at radius 2 is 1.95 bits per heavy atom. The number of nitrogens with two attached hydrogens (primary N) is 1. The fourth-order valence-electron chi connectivity index (χ4n) is 2.98. The van der Waals surface area contributed by atoms with Gasteiger partial charge in [-0.25, -0.2) is 0 Å². The maximum atomic E-state index is 6.24. The molecule has 118 valence electrons. The Labute approximate surface area is 127 Å². The predicted molar refractivity (Wildman–Crippen MR) is 84.0 cm³/mol. The highest BCUT2D eigenvalue weighted by Gasteiger charge is 2.47. The first kappa shape index (κ1) is 16.1. The van der Waals surface area contributed by atoms with E-state index in [9.17, 15) is 0 Å². The SMILES string of the molecule is COc1ccc(CCN)cc1OC1CC(C)(C)OC1(C)C. The molecule has 0 aromatic heterocycles. The van der Waals surface area contributed by atoms with Crippen molar-refractivity contribution in [3.63, 3.8) is 0 Å². The third-order valence-corrected chi connectivity index (χ3v) is 3.92. The van der Waals surface area contributed by atoms with Gasteiger partial charge in [-0.05, 0) is 58.4 Å². The summed E-state index contributed by atoms with van der Waals surface area (Å²) in [5.41, 5.74) is 6.30. The first-order valence-corrected chi connectivity index (χ1v) is 7.51. The van der Waals surface area contributed by atoms with Gasteiger partial charge in [-0.1, -0.05) is 6.07 Å². The molecule has 0 aliphatic carbocycles. The van der Waals surface area contributed by atoms with E-state index in [0.717, 1.165) is 29.9 Å². The van der Waals surface area contributed by atoms with Crippen molar-refractivity contribution in [2.24, 2.45) is 5.73 Å². The van der Waals surface area contributed by atoms with Crippen LogP contribution in [-0.4, -0.2) is 31.0 Å². The summed E-state index contributed by atoms with van der Waals surface area (Å²) in [4.78, 5) is 0. The van der Waals surface area contributed by atoms with Crippen molar-refractivity contribution in [2.75, 3.05) is 13.7 Å². The summed E-state index contributed by atoms with van der Waals surface area (Å²) < 4.78 is 17.7. The van der Waals surface area contributed by atoms with Crippen LogP contribution in [0.4, 0.5) is 0 Å². The first-order chi connectivity index (χ1) is 9.77. The Morgan fingerprint density at radius 1 is 1.24 bits per heavy atom. The number of ether oxygens (including phenoxy) is 3. The lowest BCUT2D eigenvalue weighted by Crippen LogP contribution is -2.36. The molecule has 0 saturated carbocycles. The Morgan fingerprint density at radius 3 is 2.48 bits per heavy atom. The van der Waals surface area contributed by atoms with E-state index in [-0.39, 0.29) is 17.3 Å². The zero-order chi connectivity index (χ0) is 15.7. The zero-order valence-electron chi connectivity index (χ0n) is 13.7. The minimum Gasteiger partial charge on any atom is -0.493 e. The molecule has 1 fully saturated rings. The van der Waals surface area contributed by atoms with Crippen molar-refractivity contribution in [3.05, 3.63) is 23.8 Å². The predicted octanol–water partition coefficient (Wildman–Crippen LogP) is 2.92. The molecule has 1 unspecified atom stereocenters. The second-order valence-electron chi connectivity index (χ2n) is 6.80. The molecular formula is C17H27NO3. The summed E-state index contributed by atoms with van der Waals surface area (Å²) in [5, 5.41) is 0.